The van der Waals surface area contributed by atoms with Crippen molar-refractivity contribution in [1.29, 1.82) is 0 Å². The summed E-state index contributed by atoms with van der Waals surface area (Å²) in [5.74, 6) is -1.32. The minimum Gasteiger partial charge on any atom is -0.478 e. The van der Waals surface area contributed by atoms with Crippen molar-refractivity contribution in [2.45, 2.75) is 13.0 Å². The zero-order valence-electron chi connectivity index (χ0n) is 10.5. The average Bonchev–Trinajstić information content (AvgIpc) is 3.09. The van der Waals surface area contributed by atoms with Crippen LogP contribution in [0.2, 0.25) is 0 Å². The van der Waals surface area contributed by atoms with Gasteiger partial charge >= 0.3 is 11.9 Å². The van der Waals surface area contributed by atoms with Gasteiger partial charge in [-0.2, -0.15) is 8.78 Å². The standard InChI is InChI=1S/C7H10O3.C3H4O2.C2H2F2/c1-5(2)7(8)10-4-6-3-9-6;1-2-3(4)5;1-2(3)4/h6H,1,3-4H2,2H3;2H,1H2,(H,4,5);1H2. The van der Waals surface area contributed by atoms with Crippen LogP contribution < -0.4 is 0 Å². The van der Waals surface area contributed by atoms with E-state index in [1.54, 1.807) is 6.92 Å². The number of epoxide rings is 1. The van der Waals surface area contributed by atoms with Crippen molar-refractivity contribution in [1.82, 2.24) is 0 Å². The van der Waals surface area contributed by atoms with E-state index in [9.17, 15) is 18.4 Å². The van der Waals surface area contributed by atoms with Crippen LogP contribution in [-0.4, -0.2) is 36.4 Å². The molecule has 1 aliphatic rings. The highest BCUT2D eigenvalue weighted by molar-refractivity contribution is 5.86. The first-order chi connectivity index (χ1) is 8.70. The predicted molar refractivity (Wildman–Crippen MR) is 64.7 cm³/mol. The molecule has 1 rings (SSSR count). The fourth-order valence-corrected chi connectivity index (χ4v) is 0.456. The van der Waals surface area contributed by atoms with Gasteiger partial charge in [0.25, 0.3) is 6.08 Å². The summed E-state index contributed by atoms with van der Waals surface area (Å²) < 4.78 is 29.9. The number of carbonyl (C=O) groups is 2. The van der Waals surface area contributed by atoms with Gasteiger partial charge in [0.05, 0.1) is 6.61 Å². The predicted octanol–water partition coefficient (Wildman–Crippen LogP) is 2.16. The third kappa shape index (κ3) is 21.8. The number of halogens is 2. The Morgan fingerprint density at radius 3 is 2.05 bits per heavy atom. The molecule has 1 unspecified atom stereocenters. The second-order valence-electron chi connectivity index (χ2n) is 3.22. The van der Waals surface area contributed by atoms with Gasteiger partial charge in [-0.1, -0.05) is 13.2 Å². The molecule has 0 saturated carbocycles. The molecule has 1 fully saturated rings. The van der Waals surface area contributed by atoms with E-state index in [0.29, 0.717) is 18.8 Å². The summed E-state index contributed by atoms with van der Waals surface area (Å²) in [6, 6.07) is 0. The molecule has 1 aliphatic heterocycles. The van der Waals surface area contributed by atoms with Crippen LogP contribution in [0.1, 0.15) is 6.92 Å². The number of carbonyl (C=O) groups excluding carboxylic acids is 1. The van der Waals surface area contributed by atoms with E-state index in [1.807, 2.05) is 0 Å². The van der Waals surface area contributed by atoms with Crippen LogP contribution in [0.4, 0.5) is 8.78 Å². The van der Waals surface area contributed by atoms with E-state index in [-0.39, 0.29) is 12.1 Å². The van der Waals surface area contributed by atoms with Crippen LogP contribution in [0.15, 0.2) is 37.5 Å². The van der Waals surface area contributed by atoms with Gasteiger partial charge in [0.2, 0.25) is 0 Å². The fourth-order valence-electron chi connectivity index (χ4n) is 0.456. The lowest BCUT2D eigenvalue weighted by Gasteiger charge is -1.99. The van der Waals surface area contributed by atoms with E-state index in [2.05, 4.69) is 19.7 Å². The molecule has 1 saturated heterocycles. The van der Waals surface area contributed by atoms with Crippen LogP contribution >= 0.6 is 0 Å². The molecule has 0 aromatic rings. The summed E-state index contributed by atoms with van der Waals surface area (Å²) in [7, 11) is 0. The maximum atomic E-state index is 10.7. The van der Waals surface area contributed by atoms with Crippen molar-refractivity contribution >= 4 is 11.9 Å². The van der Waals surface area contributed by atoms with Crippen molar-refractivity contribution in [2.75, 3.05) is 13.2 Å². The van der Waals surface area contributed by atoms with E-state index < -0.39 is 12.0 Å². The maximum absolute atomic E-state index is 10.7. The third-order valence-corrected chi connectivity index (χ3v) is 1.33. The second kappa shape index (κ2) is 11.1. The Bertz CT molecular complexity index is 344. The Morgan fingerprint density at radius 2 is 1.84 bits per heavy atom. The highest BCUT2D eigenvalue weighted by atomic mass is 19.3. The molecule has 0 aliphatic carbocycles. The summed E-state index contributed by atoms with van der Waals surface area (Å²) in [4.78, 5) is 19.9. The number of esters is 1. The lowest BCUT2D eigenvalue weighted by molar-refractivity contribution is -0.139. The molecule has 5 nitrogen and oxygen atoms in total. The molecule has 1 N–H and O–H groups in total. The van der Waals surface area contributed by atoms with Gasteiger partial charge in [-0.05, 0) is 13.5 Å². The number of hydrogen-bond donors (Lipinski definition) is 1. The zero-order valence-corrected chi connectivity index (χ0v) is 10.5. The number of aliphatic carboxylic acids is 1. The van der Waals surface area contributed by atoms with Gasteiger partial charge in [0.1, 0.15) is 12.7 Å². The Morgan fingerprint density at radius 1 is 1.47 bits per heavy atom. The Labute approximate surface area is 109 Å². The van der Waals surface area contributed by atoms with Crippen LogP contribution in [0.25, 0.3) is 0 Å². The molecule has 0 bridgehead atoms. The number of hydrogen-bond acceptors (Lipinski definition) is 4. The van der Waals surface area contributed by atoms with Crippen LogP contribution in [0.5, 0.6) is 0 Å². The van der Waals surface area contributed by atoms with Gasteiger partial charge in [0, 0.05) is 11.6 Å². The summed E-state index contributed by atoms with van der Waals surface area (Å²) in [5.41, 5.74) is 0.431. The average molecular weight is 278 g/mol. The van der Waals surface area contributed by atoms with Crippen molar-refractivity contribution < 1.29 is 33.0 Å². The number of carboxylic acid groups (broad SMARTS) is 1. The van der Waals surface area contributed by atoms with Gasteiger partial charge in [-0.15, -0.1) is 0 Å². The number of rotatable bonds is 4. The van der Waals surface area contributed by atoms with Gasteiger partial charge < -0.3 is 14.6 Å². The largest absolute Gasteiger partial charge is 0.478 e. The van der Waals surface area contributed by atoms with Crippen molar-refractivity contribution in [3.63, 3.8) is 0 Å². The molecule has 1 atom stereocenters. The zero-order chi connectivity index (χ0) is 15.4. The number of carboxylic acids is 1. The summed E-state index contributed by atoms with van der Waals surface area (Å²) >= 11 is 0. The molecule has 0 aromatic heterocycles. The first-order valence-electron chi connectivity index (χ1n) is 5.00. The molecule has 1 heterocycles. The van der Waals surface area contributed by atoms with Gasteiger partial charge in [-0.3, -0.25) is 0 Å². The molecule has 19 heavy (non-hydrogen) atoms. The third-order valence-electron chi connectivity index (χ3n) is 1.33. The molecule has 0 amide bonds. The molecule has 7 heteroatoms. The summed E-state index contributed by atoms with van der Waals surface area (Å²) in [6.07, 6.45) is -0.858. The molecule has 0 aromatic carbocycles. The Hall–Kier alpha value is -2.02. The van der Waals surface area contributed by atoms with Gasteiger partial charge in [0.15, 0.2) is 0 Å². The maximum Gasteiger partial charge on any atom is 0.333 e. The molecule has 0 spiro atoms. The first-order valence-corrected chi connectivity index (χ1v) is 5.00. The van der Waals surface area contributed by atoms with Crippen molar-refractivity contribution in [3.8, 4) is 0 Å². The van der Waals surface area contributed by atoms with Crippen molar-refractivity contribution in [3.05, 3.63) is 37.5 Å². The van der Waals surface area contributed by atoms with E-state index in [4.69, 9.17) is 14.6 Å². The number of ether oxygens (including phenoxy) is 2. The minimum atomic E-state index is -1.83. The lowest BCUT2D eigenvalue weighted by Crippen LogP contribution is -2.09. The fraction of sp³-hybridized carbons (Fsp3) is 0.333. The molecule has 108 valence electrons. The van der Waals surface area contributed by atoms with Crippen LogP contribution in [0, 0.1) is 0 Å². The Balaban J connectivity index is 0. The first kappa shape index (κ1) is 19.3. The Kier molecular flexibility index (Phi) is 11.3. The van der Waals surface area contributed by atoms with Crippen molar-refractivity contribution in [2.24, 2.45) is 0 Å². The minimum absolute atomic E-state index is 0.142. The smallest absolute Gasteiger partial charge is 0.333 e. The highest BCUT2D eigenvalue weighted by Crippen LogP contribution is 2.09. The normalized spacial score (nSPS) is 14.6. The quantitative estimate of drug-likeness (QED) is 0.484. The second-order valence-corrected chi connectivity index (χ2v) is 3.22. The van der Waals surface area contributed by atoms with E-state index in [1.165, 1.54) is 0 Å². The summed E-state index contributed by atoms with van der Waals surface area (Å²) in [5, 5.41) is 7.60. The van der Waals surface area contributed by atoms with Crippen LogP contribution in [-0.2, 0) is 19.1 Å². The summed E-state index contributed by atoms with van der Waals surface area (Å²) in [6.45, 7) is 11.3. The molecular weight excluding hydrogens is 262 g/mol. The highest BCUT2D eigenvalue weighted by Gasteiger charge is 2.24. The monoisotopic (exact) mass is 278 g/mol. The lowest BCUT2D eigenvalue weighted by atomic mass is 10.4. The topological polar surface area (TPSA) is 76.1 Å². The van der Waals surface area contributed by atoms with Crippen LogP contribution in [0.3, 0.4) is 0 Å². The SMILES string of the molecule is C=C(C)C(=O)OCC1CO1.C=C(F)F.C=CC(=O)O. The van der Waals surface area contributed by atoms with E-state index >= 15 is 0 Å². The molecular formula is C12H16F2O5. The van der Waals surface area contributed by atoms with Gasteiger partial charge in [-0.25, -0.2) is 9.59 Å². The molecule has 0 radical (unpaired) electrons. The van der Waals surface area contributed by atoms with E-state index in [0.717, 1.165) is 6.08 Å².